The van der Waals surface area contributed by atoms with Crippen molar-refractivity contribution < 1.29 is 33.4 Å². The van der Waals surface area contributed by atoms with Crippen molar-refractivity contribution in [3.8, 4) is 0 Å². The summed E-state index contributed by atoms with van der Waals surface area (Å²) in [5.41, 5.74) is -2.29. The first-order chi connectivity index (χ1) is 23.2. The molecule has 0 aliphatic carbocycles. The molecular formula is C37H47N5O7. The van der Waals surface area contributed by atoms with Crippen LogP contribution in [0.4, 0.5) is 4.79 Å². The molecule has 4 amide bonds. The first-order valence-corrected chi connectivity index (χ1v) is 16.2. The third-order valence-corrected chi connectivity index (χ3v) is 7.83. The first kappa shape index (κ1) is 38.2. The first-order valence-electron chi connectivity index (χ1n) is 16.2. The van der Waals surface area contributed by atoms with Crippen molar-refractivity contribution in [2.45, 2.75) is 77.7 Å². The number of carbonyl (C=O) groups excluding carboxylic acids is 5. The van der Waals surface area contributed by atoms with Crippen LogP contribution >= 0.6 is 0 Å². The summed E-state index contributed by atoms with van der Waals surface area (Å²) in [6, 6.07) is 20.4. The second kappa shape index (κ2) is 17.2. The summed E-state index contributed by atoms with van der Waals surface area (Å²) in [6.07, 6.45) is 0.985. The van der Waals surface area contributed by atoms with Crippen molar-refractivity contribution in [2.75, 3.05) is 7.11 Å². The molecule has 1 aromatic heterocycles. The van der Waals surface area contributed by atoms with Crippen LogP contribution in [-0.4, -0.2) is 59.5 Å². The highest BCUT2D eigenvalue weighted by molar-refractivity contribution is 6.01. The van der Waals surface area contributed by atoms with Crippen LogP contribution in [0.3, 0.4) is 0 Å². The molecule has 3 atom stereocenters. The Balaban J connectivity index is 2.00. The maximum atomic E-state index is 14.7. The van der Waals surface area contributed by atoms with E-state index in [1.807, 2.05) is 32.0 Å². The van der Waals surface area contributed by atoms with Gasteiger partial charge in [-0.3, -0.25) is 19.4 Å². The summed E-state index contributed by atoms with van der Waals surface area (Å²) in [5.74, 6) is -3.10. The van der Waals surface area contributed by atoms with Gasteiger partial charge in [0.15, 0.2) is 5.54 Å². The number of aromatic nitrogens is 1. The molecular weight excluding hydrogens is 626 g/mol. The fourth-order valence-corrected chi connectivity index (χ4v) is 5.15. The van der Waals surface area contributed by atoms with Crippen LogP contribution in [0.5, 0.6) is 0 Å². The molecule has 262 valence electrons. The van der Waals surface area contributed by atoms with Crippen LogP contribution in [0, 0.1) is 11.8 Å². The minimum absolute atomic E-state index is 0.00540. The molecule has 12 nitrogen and oxygen atoms in total. The fraction of sp³-hybridized carbons (Fsp3) is 0.405. The van der Waals surface area contributed by atoms with E-state index in [2.05, 4.69) is 26.3 Å². The van der Waals surface area contributed by atoms with E-state index in [-0.39, 0.29) is 18.2 Å². The monoisotopic (exact) mass is 673 g/mol. The average molecular weight is 674 g/mol. The molecule has 0 fully saturated rings. The van der Waals surface area contributed by atoms with E-state index in [0.717, 1.165) is 5.56 Å². The highest BCUT2D eigenvalue weighted by atomic mass is 16.5. The molecule has 1 heterocycles. The molecule has 3 aromatic rings. The Kier molecular flexibility index (Phi) is 13.4. The maximum absolute atomic E-state index is 14.7. The second-order valence-corrected chi connectivity index (χ2v) is 13.0. The zero-order valence-electron chi connectivity index (χ0n) is 29.1. The maximum Gasteiger partial charge on any atom is 0.408 e. The molecule has 3 rings (SSSR count). The van der Waals surface area contributed by atoms with Gasteiger partial charge in [0.05, 0.1) is 12.8 Å². The van der Waals surface area contributed by atoms with Gasteiger partial charge in [0.2, 0.25) is 11.8 Å². The number of benzene rings is 2. The molecule has 2 aromatic carbocycles. The Morgan fingerprint density at radius 2 is 1.39 bits per heavy atom. The van der Waals surface area contributed by atoms with E-state index >= 15 is 0 Å². The van der Waals surface area contributed by atoms with Crippen LogP contribution in [0.15, 0.2) is 85.1 Å². The van der Waals surface area contributed by atoms with Crippen molar-refractivity contribution in [3.63, 3.8) is 0 Å². The normalized spacial score (nSPS) is 13.7. The Morgan fingerprint density at radius 3 is 1.94 bits per heavy atom. The van der Waals surface area contributed by atoms with Crippen LogP contribution in [0.1, 0.15) is 64.8 Å². The number of alkyl carbamates (subject to hydrolysis) is 1. The van der Waals surface area contributed by atoms with Crippen molar-refractivity contribution in [3.05, 3.63) is 102 Å². The largest absolute Gasteiger partial charge is 0.467 e. The standard InChI is InChI=1S/C37H47N5O7/c1-24(2)22-28(32(44)48-7)39-33(45)36(5,6)42-34(46)37(27-18-12-9-13-19-27,29-20-14-15-21-38-29)41-31(43)30(25(3)4)40-35(47)49-23-26-16-10-8-11-17-26/h8-21,24-25,28,30H,22-23H2,1-7H3,(H,39,45)(H,40,47)(H,41,43)(H,42,46)/t28-,30-,37+/m0/s1. The molecule has 12 heteroatoms. The SMILES string of the molecule is COC(=O)[C@H](CC(C)C)NC(=O)C(C)(C)NC(=O)[C@@](NC(=O)[C@@H](NC(=O)OCc1ccccc1)C(C)C)(c1ccccc1)c1ccccn1. The number of amides is 4. The van der Waals surface area contributed by atoms with Crippen LogP contribution in [0.2, 0.25) is 0 Å². The Morgan fingerprint density at radius 1 is 0.776 bits per heavy atom. The van der Waals surface area contributed by atoms with E-state index in [4.69, 9.17) is 9.47 Å². The molecule has 0 bridgehead atoms. The lowest BCUT2D eigenvalue weighted by molar-refractivity contribution is -0.146. The summed E-state index contributed by atoms with van der Waals surface area (Å²) in [7, 11) is 1.24. The molecule has 4 N–H and O–H groups in total. The summed E-state index contributed by atoms with van der Waals surface area (Å²) in [6.45, 7) is 10.3. The Labute approximate surface area is 287 Å². The summed E-state index contributed by atoms with van der Waals surface area (Å²) < 4.78 is 10.3. The van der Waals surface area contributed by atoms with Crippen LogP contribution in [0.25, 0.3) is 0 Å². The van der Waals surface area contributed by atoms with Crippen molar-refractivity contribution >= 4 is 29.8 Å². The van der Waals surface area contributed by atoms with Gasteiger partial charge >= 0.3 is 12.1 Å². The number of hydrogen-bond acceptors (Lipinski definition) is 8. The van der Waals surface area contributed by atoms with Gasteiger partial charge < -0.3 is 30.7 Å². The summed E-state index contributed by atoms with van der Waals surface area (Å²) in [5, 5.41) is 11.0. The van der Waals surface area contributed by atoms with Gasteiger partial charge in [0.1, 0.15) is 24.2 Å². The number of carbonyl (C=O) groups is 5. The molecule has 0 spiro atoms. The number of esters is 1. The van der Waals surface area contributed by atoms with E-state index < -0.39 is 58.9 Å². The number of nitrogens with one attached hydrogen (secondary N) is 4. The second-order valence-electron chi connectivity index (χ2n) is 13.0. The van der Waals surface area contributed by atoms with Crippen molar-refractivity contribution in [2.24, 2.45) is 11.8 Å². The highest BCUT2D eigenvalue weighted by Crippen LogP contribution is 2.30. The smallest absolute Gasteiger partial charge is 0.408 e. The van der Waals surface area contributed by atoms with Gasteiger partial charge in [-0.1, -0.05) is 94.4 Å². The Hall–Kier alpha value is -5.26. The molecule has 0 saturated carbocycles. The highest BCUT2D eigenvalue weighted by Gasteiger charge is 2.49. The Bertz CT molecular complexity index is 1520. The lowest BCUT2D eigenvalue weighted by Crippen LogP contribution is -2.66. The fourth-order valence-electron chi connectivity index (χ4n) is 5.15. The minimum Gasteiger partial charge on any atom is -0.467 e. The third-order valence-electron chi connectivity index (χ3n) is 7.83. The van der Waals surface area contributed by atoms with Gasteiger partial charge in [-0.05, 0) is 55.4 Å². The molecule has 0 aliphatic rings. The van der Waals surface area contributed by atoms with Crippen LogP contribution in [-0.2, 0) is 40.8 Å². The van der Waals surface area contributed by atoms with E-state index in [0.29, 0.717) is 12.0 Å². The van der Waals surface area contributed by atoms with E-state index in [1.165, 1.54) is 27.2 Å². The quantitative estimate of drug-likeness (QED) is 0.176. The summed E-state index contributed by atoms with van der Waals surface area (Å²) >= 11 is 0. The number of ether oxygens (including phenoxy) is 2. The lowest BCUT2D eigenvalue weighted by Gasteiger charge is -2.38. The predicted molar refractivity (Wildman–Crippen MR) is 184 cm³/mol. The zero-order chi connectivity index (χ0) is 36.2. The summed E-state index contributed by atoms with van der Waals surface area (Å²) in [4.78, 5) is 72.3. The minimum atomic E-state index is -1.97. The van der Waals surface area contributed by atoms with Gasteiger partial charge in [-0.15, -0.1) is 0 Å². The molecule has 0 saturated heterocycles. The van der Waals surface area contributed by atoms with Crippen molar-refractivity contribution in [1.82, 2.24) is 26.3 Å². The molecule has 49 heavy (non-hydrogen) atoms. The van der Waals surface area contributed by atoms with Gasteiger partial charge in [-0.25, -0.2) is 9.59 Å². The number of methoxy groups -OCH3 is 1. The van der Waals surface area contributed by atoms with Gasteiger partial charge in [-0.2, -0.15) is 0 Å². The predicted octanol–water partition coefficient (Wildman–Crippen LogP) is 3.99. The number of hydrogen-bond donors (Lipinski definition) is 4. The molecule has 0 unspecified atom stereocenters. The van der Waals surface area contributed by atoms with Gasteiger partial charge in [0, 0.05) is 6.20 Å². The number of nitrogens with zero attached hydrogens (tertiary/aromatic N) is 1. The van der Waals surface area contributed by atoms with Crippen LogP contribution < -0.4 is 21.3 Å². The average Bonchev–Trinajstić information content (AvgIpc) is 3.08. The van der Waals surface area contributed by atoms with E-state index in [9.17, 15) is 24.0 Å². The zero-order valence-corrected chi connectivity index (χ0v) is 29.1. The molecule has 0 radical (unpaired) electrons. The van der Waals surface area contributed by atoms with E-state index in [1.54, 1.807) is 74.5 Å². The lowest BCUT2D eigenvalue weighted by atomic mass is 9.83. The number of pyridine rings is 1. The molecule has 0 aliphatic heterocycles. The topological polar surface area (TPSA) is 165 Å². The number of rotatable bonds is 15. The van der Waals surface area contributed by atoms with Gasteiger partial charge in [0.25, 0.3) is 5.91 Å². The van der Waals surface area contributed by atoms with Crippen molar-refractivity contribution in [1.29, 1.82) is 0 Å². The third kappa shape index (κ3) is 10.1.